The highest BCUT2D eigenvalue weighted by atomic mass is 19.4. The molecule has 0 spiro atoms. The molecular weight excluding hydrogens is 506 g/mol. The Morgan fingerprint density at radius 2 is 1.81 bits per heavy atom. The zero-order chi connectivity index (χ0) is 26.8. The van der Waals surface area contributed by atoms with Gasteiger partial charge in [0, 0.05) is 18.6 Å². The van der Waals surface area contributed by atoms with Crippen LogP contribution in [0.25, 0.3) is 17.2 Å². The summed E-state index contributed by atoms with van der Waals surface area (Å²) in [6.07, 6.45) is -1.69. The average Bonchev–Trinajstić information content (AvgIpc) is 3.40. The standard InChI is InChI=1S/C22H16F6N8O/c1-20(10-2-4-11(23)5-3-10)13-14(29)33-15(34-16(13)35-19(20)37)12-8-36-7-6-30-18(36)17(32-12)31-9-21(24,25)22(26,27)28/h2-8H,9H2,1H3,(H,31,32)(H3,29,33,34,35,37). The van der Waals surface area contributed by atoms with Crippen molar-refractivity contribution in [1.29, 1.82) is 0 Å². The minimum Gasteiger partial charge on any atom is -0.383 e. The van der Waals surface area contributed by atoms with Gasteiger partial charge in [0.1, 0.15) is 28.6 Å². The van der Waals surface area contributed by atoms with E-state index in [9.17, 15) is 31.1 Å². The quantitative estimate of drug-likeness (QED) is 0.341. The van der Waals surface area contributed by atoms with E-state index in [2.05, 4.69) is 25.3 Å². The molecule has 37 heavy (non-hydrogen) atoms. The molecule has 4 heterocycles. The first kappa shape index (κ1) is 24.3. The average molecular weight is 522 g/mol. The van der Waals surface area contributed by atoms with E-state index >= 15 is 0 Å². The molecule has 0 saturated carbocycles. The number of fused-ring (bicyclic) bond motifs is 2. The van der Waals surface area contributed by atoms with E-state index in [-0.39, 0.29) is 40.2 Å². The summed E-state index contributed by atoms with van der Waals surface area (Å²) in [6.45, 7) is -0.214. The van der Waals surface area contributed by atoms with Crippen molar-refractivity contribution in [3.05, 3.63) is 59.8 Å². The smallest absolute Gasteiger partial charge is 0.383 e. The van der Waals surface area contributed by atoms with Gasteiger partial charge in [-0.25, -0.2) is 24.3 Å². The lowest BCUT2D eigenvalue weighted by Gasteiger charge is -2.23. The number of nitrogens with zero attached hydrogens (tertiary/aromatic N) is 5. The Kier molecular flexibility index (Phi) is 5.28. The summed E-state index contributed by atoms with van der Waals surface area (Å²) in [6, 6.07) is 5.25. The van der Waals surface area contributed by atoms with E-state index in [1.165, 1.54) is 47.3 Å². The number of nitrogens with two attached hydrogens (primary N) is 1. The summed E-state index contributed by atoms with van der Waals surface area (Å²) < 4.78 is 79.6. The number of benzene rings is 1. The molecule has 1 unspecified atom stereocenters. The monoisotopic (exact) mass is 522 g/mol. The number of nitrogens with one attached hydrogen (secondary N) is 2. The largest absolute Gasteiger partial charge is 0.455 e. The van der Waals surface area contributed by atoms with Crippen molar-refractivity contribution in [2.45, 2.75) is 24.4 Å². The molecule has 192 valence electrons. The lowest BCUT2D eigenvalue weighted by Crippen LogP contribution is -2.42. The van der Waals surface area contributed by atoms with Crippen LogP contribution in [0.15, 0.2) is 42.9 Å². The molecule has 15 heteroatoms. The summed E-state index contributed by atoms with van der Waals surface area (Å²) >= 11 is 0. The number of carbonyl (C=O) groups is 1. The zero-order valence-electron chi connectivity index (χ0n) is 18.7. The number of alkyl halides is 5. The number of imidazole rings is 1. The second kappa shape index (κ2) is 8.04. The van der Waals surface area contributed by atoms with Crippen LogP contribution in [0, 0.1) is 5.82 Å². The maximum Gasteiger partial charge on any atom is 0.455 e. The highest BCUT2D eigenvalue weighted by molar-refractivity contribution is 6.09. The van der Waals surface area contributed by atoms with Crippen LogP contribution in [0.3, 0.4) is 0 Å². The molecule has 1 aliphatic heterocycles. The molecule has 0 fully saturated rings. The second-order valence-electron chi connectivity index (χ2n) is 8.43. The SMILES string of the molecule is CC1(c2ccc(F)cc2)C(=O)Nc2nc(-c3cn4ccnc4c(NCC(F)(F)C(F)(F)F)n3)nc(N)c21. The Morgan fingerprint density at radius 3 is 2.49 bits per heavy atom. The number of hydrogen-bond acceptors (Lipinski definition) is 7. The molecule has 1 aliphatic rings. The van der Waals surface area contributed by atoms with Crippen molar-refractivity contribution in [2.75, 3.05) is 22.9 Å². The van der Waals surface area contributed by atoms with E-state index in [1.807, 2.05) is 5.32 Å². The van der Waals surface area contributed by atoms with Crippen LogP contribution >= 0.6 is 0 Å². The lowest BCUT2D eigenvalue weighted by atomic mass is 9.78. The predicted octanol–water partition coefficient (Wildman–Crippen LogP) is 3.78. The summed E-state index contributed by atoms with van der Waals surface area (Å²) in [5.41, 5.74) is 5.46. The van der Waals surface area contributed by atoms with Crippen molar-refractivity contribution >= 4 is 29.0 Å². The Morgan fingerprint density at radius 1 is 1.11 bits per heavy atom. The topological polar surface area (TPSA) is 123 Å². The molecule has 3 aromatic heterocycles. The Balaban J connectivity index is 1.57. The van der Waals surface area contributed by atoms with Crippen LogP contribution in [0.5, 0.6) is 0 Å². The molecule has 0 radical (unpaired) electrons. The number of hydrogen-bond donors (Lipinski definition) is 3. The van der Waals surface area contributed by atoms with E-state index in [4.69, 9.17) is 5.73 Å². The van der Waals surface area contributed by atoms with Crippen LogP contribution in [-0.2, 0) is 10.2 Å². The van der Waals surface area contributed by atoms with Gasteiger partial charge in [-0.3, -0.25) is 4.79 Å². The molecular formula is C22H16F6N8O. The fourth-order valence-corrected chi connectivity index (χ4v) is 4.03. The van der Waals surface area contributed by atoms with Crippen molar-refractivity contribution in [1.82, 2.24) is 24.3 Å². The number of carbonyl (C=O) groups excluding carboxylic acids is 1. The van der Waals surface area contributed by atoms with Crippen molar-refractivity contribution < 1.29 is 31.1 Å². The minimum atomic E-state index is -5.77. The number of nitrogen functional groups attached to an aromatic ring is 1. The highest BCUT2D eigenvalue weighted by Crippen LogP contribution is 2.45. The van der Waals surface area contributed by atoms with Crippen LogP contribution in [-0.4, -0.2) is 48.9 Å². The highest BCUT2D eigenvalue weighted by Gasteiger charge is 2.57. The fourth-order valence-electron chi connectivity index (χ4n) is 4.03. The zero-order valence-corrected chi connectivity index (χ0v) is 18.7. The van der Waals surface area contributed by atoms with Crippen LogP contribution in [0.1, 0.15) is 18.1 Å². The molecule has 5 rings (SSSR count). The first-order chi connectivity index (χ1) is 17.3. The molecule has 1 amide bonds. The van der Waals surface area contributed by atoms with E-state index in [0.717, 1.165) is 0 Å². The molecule has 1 aromatic carbocycles. The first-order valence-corrected chi connectivity index (χ1v) is 10.6. The fraction of sp³-hybridized carbons (Fsp3) is 0.227. The van der Waals surface area contributed by atoms with Gasteiger partial charge in [-0.05, 0) is 24.6 Å². The molecule has 0 saturated heterocycles. The number of amides is 1. The van der Waals surface area contributed by atoms with Gasteiger partial charge < -0.3 is 20.8 Å². The lowest BCUT2D eigenvalue weighted by molar-refractivity contribution is -0.275. The van der Waals surface area contributed by atoms with Gasteiger partial charge in [-0.15, -0.1) is 0 Å². The maximum atomic E-state index is 13.5. The molecule has 0 bridgehead atoms. The number of aromatic nitrogens is 5. The van der Waals surface area contributed by atoms with Crippen molar-refractivity contribution in [2.24, 2.45) is 0 Å². The third kappa shape index (κ3) is 3.86. The van der Waals surface area contributed by atoms with Gasteiger partial charge >= 0.3 is 12.1 Å². The second-order valence-corrected chi connectivity index (χ2v) is 8.43. The van der Waals surface area contributed by atoms with E-state index in [1.54, 1.807) is 6.92 Å². The van der Waals surface area contributed by atoms with E-state index in [0.29, 0.717) is 5.56 Å². The molecule has 0 aliphatic carbocycles. The summed E-state index contributed by atoms with van der Waals surface area (Å²) in [5.74, 6) is -6.61. The molecule has 4 aromatic rings. The molecule has 1 atom stereocenters. The Labute approximate surface area is 203 Å². The van der Waals surface area contributed by atoms with Gasteiger partial charge in [0.2, 0.25) is 5.91 Å². The number of anilines is 3. The Bertz CT molecular complexity index is 1530. The normalized spacial score (nSPS) is 17.6. The Hall–Kier alpha value is -4.43. The molecule has 4 N–H and O–H groups in total. The minimum absolute atomic E-state index is 0.0203. The van der Waals surface area contributed by atoms with Gasteiger partial charge in [0.15, 0.2) is 17.3 Å². The van der Waals surface area contributed by atoms with Crippen LogP contribution in [0.2, 0.25) is 0 Å². The molecule has 9 nitrogen and oxygen atoms in total. The first-order valence-electron chi connectivity index (χ1n) is 10.6. The van der Waals surface area contributed by atoms with E-state index < -0.39 is 35.8 Å². The van der Waals surface area contributed by atoms with Crippen molar-refractivity contribution in [3.63, 3.8) is 0 Å². The number of halogens is 6. The third-order valence-corrected chi connectivity index (χ3v) is 6.04. The van der Waals surface area contributed by atoms with Gasteiger partial charge in [-0.1, -0.05) is 12.1 Å². The predicted molar refractivity (Wildman–Crippen MR) is 119 cm³/mol. The van der Waals surface area contributed by atoms with Crippen molar-refractivity contribution in [3.8, 4) is 11.5 Å². The third-order valence-electron chi connectivity index (χ3n) is 6.04. The maximum absolute atomic E-state index is 13.5. The number of rotatable bonds is 5. The van der Waals surface area contributed by atoms with Gasteiger partial charge in [-0.2, -0.15) is 22.0 Å². The van der Waals surface area contributed by atoms with Crippen LogP contribution in [0.4, 0.5) is 43.8 Å². The van der Waals surface area contributed by atoms with Crippen LogP contribution < -0.4 is 16.4 Å². The van der Waals surface area contributed by atoms with Gasteiger partial charge in [0.05, 0.1) is 12.1 Å². The summed E-state index contributed by atoms with van der Waals surface area (Å²) in [5, 5.41) is 4.60. The van der Waals surface area contributed by atoms with Gasteiger partial charge in [0.25, 0.3) is 0 Å². The summed E-state index contributed by atoms with van der Waals surface area (Å²) in [4.78, 5) is 29.5. The summed E-state index contributed by atoms with van der Waals surface area (Å²) in [7, 11) is 0.